The first kappa shape index (κ1) is 24.2. The normalized spacial score (nSPS) is 27.2. The summed E-state index contributed by atoms with van der Waals surface area (Å²) in [6.45, 7) is 5.24. The van der Waals surface area contributed by atoms with Crippen LogP contribution in [-0.2, 0) is 25.5 Å². The fraction of sp³-hybridized carbons (Fsp3) is 0.615. The van der Waals surface area contributed by atoms with Gasteiger partial charge >= 0.3 is 6.09 Å². The second kappa shape index (κ2) is 9.76. The second-order valence-electron chi connectivity index (χ2n) is 10.6. The zero-order valence-electron chi connectivity index (χ0n) is 20.3. The fourth-order valence-corrected chi connectivity index (χ4v) is 5.40. The summed E-state index contributed by atoms with van der Waals surface area (Å²) < 4.78 is 5.32. The maximum Gasteiger partial charge on any atom is 0.408 e. The molecule has 1 aromatic rings. The average Bonchev–Trinajstić information content (AvgIpc) is 3.17. The van der Waals surface area contributed by atoms with Gasteiger partial charge in [0.25, 0.3) is 0 Å². The van der Waals surface area contributed by atoms with E-state index in [1.54, 1.807) is 25.7 Å². The predicted octanol–water partition coefficient (Wildman–Crippen LogP) is 3.19. The second-order valence-corrected chi connectivity index (χ2v) is 10.6. The highest BCUT2D eigenvalue weighted by molar-refractivity contribution is 5.94. The van der Waals surface area contributed by atoms with Crippen molar-refractivity contribution >= 4 is 23.7 Å². The molecule has 2 fully saturated rings. The minimum absolute atomic E-state index is 0.0424. The van der Waals surface area contributed by atoms with Crippen molar-refractivity contribution in [3.8, 4) is 0 Å². The fourth-order valence-electron chi connectivity index (χ4n) is 5.40. The molecule has 3 aliphatic rings. The Bertz CT molecular complexity index is 969. The Morgan fingerprint density at radius 3 is 2.50 bits per heavy atom. The van der Waals surface area contributed by atoms with Gasteiger partial charge in [-0.1, -0.05) is 24.3 Å². The van der Waals surface area contributed by atoms with E-state index in [-0.39, 0.29) is 48.9 Å². The first-order valence-corrected chi connectivity index (χ1v) is 12.3. The zero-order chi connectivity index (χ0) is 24.5. The molecule has 0 aromatic heterocycles. The Labute approximate surface area is 200 Å². The van der Waals surface area contributed by atoms with Crippen molar-refractivity contribution < 1.29 is 23.9 Å². The maximum atomic E-state index is 13.6. The molecule has 2 N–H and O–H groups in total. The van der Waals surface area contributed by atoms with E-state index in [1.165, 1.54) is 5.56 Å². The number of amides is 3. The molecule has 184 valence electrons. The van der Waals surface area contributed by atoms with Crippen LogP contribution in [0.4, 0.5) is 4.79 Å². The summed E-state index contributed by atoms with van der Waals surface area (Å²) in [5, 5.41) is 5.82. The molecule has 2 heterocycles. The number of aryl methyl sites for hydroxylation is 1. The lowest BCUT2D eigenvalue weighted by Crippen LogP contribution is -2.57. The summed E-state index contributed by atoms with van der Waals surface area (Å²) in [7, 11) is 0. The number of nitrogens with one attached hydrogen (secondary N) is 2. The molecule has 34 heavy (non-hydrogen) atoms. The van der Waals surface area contributed by atoms with E-state index >= 15 is 0 Å². The van der Waals surface area contributed by atoms with E-state index in [0.717, 1.165) is 24.8 Å². The monoisotopic (exact) mass is 469 g/mol. The van der Waals surface area contributed by atoms with E-state index in [1.807, 2.05) is 12.1 Å². The number of hydrogen-bond acceptors (Lipinski definition) is 5. The van der Waals surface area contributed by atoms with Crippen molar-refractivity contribution in [1.29, 1.82) is 0 Å². The van der Waals surface area contributed by atoms with E-state index < -0.39 is 23.8 Å². The smallest absolute Gasteiger partial charge is 0.408 e. The first-order chi connectivity index (χ1) is 16.1. The van der Waals surface area contributed by atoms with Gasteiger partial charge in [0.15, 0.2) is 0 Å². The lowest BCUT2D eigenvalue weighted by molar-refractivity contribution is -0.144. The van der Waals surface area contributed by atoms with Gasteiger partial charge in [-0.25, -0.2) is 4.79 Å². The SMILES string of the molecule is CC(C)(C)OC(=O)N[C@H]1CCC(=O)C[C@H]2CC[C@@H](C(=O)N[C@@H]3CCCc4ccccc43)N2C1=O. The molecule has 2 aliphatic heterocycles. The minimum Gasteiger partial charge on any atom is -0.444 e. The number of ether oxygens (including phenoxy) is 1. The van der Waals surface area contributed by atoms with Crippen LogP contribution in [0.15, 0.2) is 24.3 Å². The Kier molecular flexibility index (Phi) is 6.96. The molecule has 8 heteroatoms. The molecule has 2 saturated heterocycles. The van der Waals surface area contributed by atoms with Gasteiger partial charge in [-0.15, -0.1) is 0 Å². The number of benzene rings is 1. The van der Waals surface area contributed by atoms with Crippen LogP contribution in [0, 0.1) is 0 Å². The van der Waals surface area contributed by atoms with Crippen molar-refractivity contribution in [2.75, 3.05) is 0 Å². The number of Topliss-reactive ketones (excluding diaryl/α,β-unsaturated/α-hetero) is 1. The molecule has 1 aromatic carbocycles. The molecular weight excluding hydrogens is 434 g/mol. The predicted molar refractivity (Wildman–Crippen MR) is 126 cm³/mol. The third kappa shape index (κ3) is 5.42. The Morgan fingerprint density at radius 1 is 0.971 bits per heavy atom. The van der Waals surface area contributed by atoms with Gasteiger partial charge < -0.3 is 20.3 Å². The number of fused-ring (bicyclic) bond motifs is 2. The quantitative estimate of drug-likeness (QED) is 0.707. The molecule has 0 spiro atoms. The Hall–Kier alpha value is -2.90. The van der Waals surface area contributed by atoms with Crippen LogP contribution in [0.2, 0.25) is 0 Å². The van der Waals surface area contributed by atoms with E-state index in [9.17, 15) is 19.2 Å². The summed E-state index contributed by atoms with van der Waals surface area (Å²) in [6.07, 6.45) is 3.91. The van der Waals surface area contributed by atoms with Crippen molar-refractivity contribution in [2.24, 2.45) is 0 Å². The number of rotatable bonds is 3. The third-order valence-corrected chi connectivity index (χ3v) is 6.91. The molecule has 4 atom stereocenters. The van der Waals surface area contributed by atoms with Crippen molar-refractivity contribution in [3.05, 3.63) is 35.4 Å². The van der Waals surface area contributed by atoms with Crippen LogP contribution in [0.25, 0.3) is 0 Å². The summed E-state index contributed by atoms with van der Waals surface area (Å²) in [6, 6.07) is 6.19. The van der Waals surface area contributed by atoms with Crippen molar-refractivity contribution in [1.82, 2.24) is 15.5 Å². The number of carbonyl (C=O) groups is 4. The topological polar surface area (TPSA) is 105 Å². The Balaban J connectivity index is 1.51. The first-order valence-electron chi connectivity index (χ1n) is 12.3. The molecule has 0 radical (unpaired) electrons. The largest absolute Gasteiger partial charge is 0.444 e. The van der Waals surface area contributed by atoms with Gasteiger partial charge in [-0.05, 0) is 70.4 Å². The van der Waals surface area contributed by atoms with E-state index in [4.69, 9.17) is 4.74 Å². The van der Waals surface area contributed by atoms with Gasteiger partial charge in [0, 0.05) is 18.9 Å². The third-order valence-electron chi connectivity index (χ3n) is 6.91. The molecule has 1 aliphatic carbocycles. The minimum atomic E-state index is -0.898. The van der Waals surface area contributed by atoms with E-state index in [0.29, 0.717) is 12.8 Å². The molecular formula is C26H35N3O5. The highest BCUT2D eigenvalue weighted by Crippen LogP contribution is 2.33. The summed E-state index contributed by atoms with van der Waals surface area (Å²) >= 11 is 0. The summed E-state index contributed by atoms with van der Waals surface area (Å²) in [5.74, 6) is -0.465. The van der Waals surface area contributed by atoms with Crippen LogP contribution in [0.5, 0.6) is 0 Å². The van der Waals surface area contributed by atoms with E-state index in [2.05, 4.69) is 22.8 Å². The molecule has 3 amide bonds. The van der Waals surface area contributed by atoms with Crippen LogP contribution in [0.3, 0.4) is 0 Å². The number of ketones is 1. The lowest BCUT2D eigenvalue weighted by Gasteiger charge is -2.36. The highest BCUT2D eigenvalue weighted by Gasteiger charge is 2.45. The molecule has 0 saturated carbocycles. The van der Waals surface area contributed by atoms with Gasteiger partial charge in [-0.3, -0.25) is 14.4 Å². The average molecular weight is 470 g/mol. The number of hydrogen-bond donors (Lipinski definition) is 2. The molecule has 0 unspecified atom stereocenters. The van der Waals surface area contributed by atoms with Gasteiger partial charge in [0.05, 0.1) is 6.04 Å². The van der Waals surface area contributed by atoms with Crippen LogP contribution >= 0.6 is 0 Å². The van der Waals surface area contributed by atoms with Gasteiger partial charge in [0.2, 0.25) is 11.8 Å². The summed E-state index contributed by atoms with van der Waals surface area (Å²) in [5.41, 5.74) is 1.67. The van der Waals surface area contributed by atoms with Crippen LogP contribution in [0.1, 0.15) is 82.9 Å². The number of carbonyl (C=O) groups excluding carboxylic acids is 4. The molecule has 8 nitrogen and oxygen atoms in total. The zero-order valence-corrected chi connectivity index (χ0v) is 20.3. The molecule has 0 bridgehead atoms. The lowest BCUT2D eigenvalue weighted by atomic mass is 9.87. The number of alkyl carbamates (subject to hydrolysis) is 1. The maximum absolute atomic E-state index is 13.6. The summed E-state index contributed by atoms with van der Waals surface area (Å²) in [4.78, 5) is 53.4. The van der Waals surface area contributed by atoms with Gasteiger partial charge in [-0.2, -0.15) is 0 Å². The molecule has 4 rings (SSSR count). The highest BCUT2D eigenvalue weighted by atomic mass is 16.6. The number of nitrogens with zero attached hydrogens (tertiary/aromatic N) is 1. The van der Waals surface area contributed by atoms with Gasteiger partial charge in [0.1, 0.15) is 23.5 Å². The van der Waals surface area contributed by atoms with Crippen molar-refractivity contribution in [2.45, 2.75) is 102 Å². The van der Waals surface area contributed by atoms with Crippen LogP contribution in [-0.4, -0.2) is 52.3 Å². The standard InChI is InChI=1S/C26H35N3O5/c1-26(2,3)34-25(33)28-21-13-12-18(30)15-17-11-14-22(29(17)24(21)32)23(31)27-20-10-6-8-16-7-4-5-9-19(16)20/h4-5,7,9,17,20-22H,6,8,10-15H2,1-3H3,(H,27,31)(H,28,33)/t17-,20-,21+,22+/m1/s1. The van der Waals surface area contributed by atoms with Crippen molar-refractivity contribution in [3.63, 3.8) is 0 Å². The Morgan fingerprint density at radius 2 is 1.74 bits per heavy atom. The van der Waals surface area contributed by atoms with Crippen LogP contribution < -0.4 is 10.6 Å².